The number of aliphatic hydroxyl groups excluding tert-OH is 2. The zero-order chi connectivity index (χ0) is 23.0. The Morgan fingerprint density at radius 2 is 1.97 bits per heavy atom. The fourth-order valence-electron chi connectivity index (χ4n) is 2.90. The van der Waals surface area contributed by atoms with Crippen molar-refractivity contribution in [3.8, 4) is 0 Å². The van der Waals surface area contributed by atoms with E-state index < -0.39 is 34.2 Å². The summed E-state index contributed by atoms with van der Waals surface area (Å²) < 4.78 is 29.2. The minimum atomic E-state index is -3.60. The molecule has 0 saturated carbocycles. The third kappa shape index (κ3) is 7.53. The van der Waals surface area contributed by atoms with Gasteiger partial charge in [-0.1, -0.05) is 30.3 Å². The monoisotopic (exact) mass is 471 g/mol. The van der Waals surface area contributed by atoms with Crippen LogP contribution < -0.4 is 9.62 Å². The van der Waals surface area contributed by atoms with Gasteiger partial charge in [0, 0.05) is 7.05 Å². The van der Waals surface area contributed by atoms with Crippen LogP contribution in [0.4, 0.5) is 6.01 Å². The number of aromatic nitrogens is 1. The van der Waals surface area contributed by atoms with Gasteiger partial charge in [-0.2, -0.15) is 16.7 Å². The number of thioether (sulfide) groups is 1. The fourth-order valence-corrected chi connectivity index (χ4v) is 3.72. The molecule has 3 unspecified atom stereocenters. The van der Waals surface area contributed by atoms with E-state index in [0.717, 1.165) is 34.6 Å². The molecule has 0 spiro atoms. The first-order valence-electron chi connectivity index (χ1n) is 9.72. The molecule has 0 radical (unpaired) electrons. The lowest BCUT2D eigenvalue weighted by atomic mass is 9.95. The second-order valence-corrected chi connectivity index (χ2v) is 10.2. The Kier molecular flexibility index (Phi) is 9.35. The summed E-state index contributed by atoms with van der Waals surface area (Å²) in [4.78, 5) is 16.6. The molecule has 0 aliphatic heterocycles. The number of amides is 1. The number of carbonyl (C=O) groups excluding carboxylic acids is 1. The summed E-state index contributed by atoms with van der Waals surface area (Å²) in [6.07, 6.45) is 3.22. The van der Waals surface area contributed by atoms with E-state index in [0.29, 0.717) is 12.8 Å². The number of aliphatic hydroxyl groups is 2. The summed E-state index contributed by atoms with van der Waals surface area (Å²) >= 11 is 1.65. The molecule has 9 nitrogen and oxygen atoms in total. The molecule has 1 amide bonds. The zero-order valence-corrected chi connectivity index (χ0v) is 19.4. The van der Waals surface area contributed by atoms with Gasteiger partial charge in [0.05, 0.1) is 18.4 Å². The summed E-state index contributed by atoms with van der Waals surface area (Å²) in [6, 6.07) is 8.25. The number of oxazole rings is 1. The Balaban J connectivity index is 2.16. The van der Waals surface area contributed by atoms with Crippen LogP contribution in [0.5, 0.6) is 0 Å². The second kappa shape index (κ2) is 11.5. The third-order valence-electron chi connectivity index (χ3n) is 4.76. The van der Waals surface area contributed by atoms with Crippen molar-refractivity contribution in [1.29, 1.82) is 0 Å². The first-order valence-corrected chi connectivity index (χ1v) is 13.0. The lowest BCUT2D eigenvalue weighted by molar-refractivity contribution is -0.00735. The molecule has 0 aliphatic carbocycles. The van der Waals surface area contributed by atoms with Crippen molar-refractivity contribution in [2.75, 3.05) is 29.6 Å². The molecule has 1 heterocycles. The first-order chi connectivity index (χ1) is 14.6. The van der Waals surface area contributed by atoms with Crippen molar-refractivity contribution >= 4 is 33.7 Å². The van der Waals surface area contributed by atoms with E-state index in [4.69, 9.17) is 4.42 Å². The molecule has 0 aliphatic rings. The highest BCUT2D eigenvalue weighted by Crippen LogP contribution is 2.17. The van der Waals surface area contributed by atoms with Crippen LogP contribution in [-0.2, 0) is 16.4 Å². The lowest BCUT2D eigenvalue weighted by Crippen LogP contribution is -2.50. The van der Waals surface area contributed by atoms with Gasteiger partial charge in [0.25, 0.3) is 5.91 Å². The SMILES string of the molecule is CSCCCC(O)C(O)C(Cc1ccccc1)NC(=O)c1coc(N(C)S(C)(=O)=O)n1. The maximum Gasteiger partial charge on any atom is 0.311 e. The van der Waals surface area contributed by atoms with Crippen LogP contribution in [0, 0.1) is 0 Å². The van der Waals surface area contributed by atoms with Gasteiger partial charge >= 0.3 is 6.01 Å². The van der Waals surface area contributed by atoms with Crippen LogP contribution in [0.1, 0.15) is 28.9 Å². The predicted octanol–water partition coefficient (Wildman–Crippen LogP) is 1.28. The third-order valence-corrected chi connectivity index (χ3v) is 6.61. The Morgan fingerprint density at radius 3 is 2.58 bits per heavy atom. The second-order valence-electron chi connectivity index (χ2n) is 7.21. The molecule has 31 heavy (non-hydrogen) atoms. The average Bonchev–Trinajstić information content (AvgIpc) is 3.22. The van der Waals surface area contributed by atoms with E-state index in [1.165, 1.54) is 7.05 Å². The minimum absolute atomic E-state index is 0.132. The largest absolute Gasteiger partial charge is 0.430 e. The number of hydrogen-bond donors (Lipinski definition) is 3. The summed E-state index contributed by atoms with van der Waals surface area (Å²) in [7, 11) is -2.34. The van der Waals surface area contributed by atoms with Crippen LogP contribution in [0.2, 0.25) is 0 Å². The van der Waals surface area contributed by atoms with Crippen molar-refractivity contribution < 1.29 is 27.8 Å². The standard InChI is InChI=1S/C20H29N3O6S2/c1-23(31(3,27)28)20-22-16(13-29-20)19(26)21-15(12-14-8-5-4-6-9-14)18(25)17(24)10-7-11-30-2/h4-6,8-9,13,15,17-18,24-25H,7,10-12H2,1-3H3,(H,21,26). The normalized spacial score (nSPS) is 14.6. The first kappa shape index (κ1) is 25.2. The Labute approximate surface area is 186 Å². The fraction of sp³-hybridized carbons (Fsp3) is 0.500. The molecule has 2 aromatic rings. The van der Waals surface area contributed by atoms with Gasteiger partial charge in [-0.3, -0.25) is 4.79 Å². The van der Waals surface area contributed by atoms with Crippen molar-refractivity contribution in [2.45, 2.75) is 37.5 Å². The highest BCUT2D eigenvalue weighted by Gasteiger charge is 2.29. The van der Waals surface area contributed by atoms with Crippen molar-refractivity contribution in [2.24, 2.45) is 0 Å². The number of carbonyl (C=O) groups is 1. The number of sulfonamides is 1. The quantitative estimate of drug-likeness (QED) is 0.394. The van der Waals surface area contributed by atoms with Crippen LogP contribution in [0.25, 0.3) is 0 Å². The summed E-state index contributed by atoms with van der Waals surface area (Å²) in [5.74, 6) is 0.211. The molecule has 3 N–H and O–H groups in total. The van der Waals surface area contributed by atoms with Crippen molar-refractivity contribution in [1.82, 2.24) is 10.3 Å². The topological polar surface area (TPSA) is 133 Å². The smallest absolute Gasteiger partial charge is 0.311 e. The Bertz CT molecular complexity index is 935. The van der Waals surface area contributed by atoms with E-state index >= 15 is 0 Å². The number of nitrogens with zero attached hydrogens (tertiary/aromatic N) is 2. The van der Waals surface area contributed by atoms with E-state index in [9.17, 15) is 23.4 Å². The van der Waals surface area contributed by atoms with Crippen LogP contribution in [0.15, 0.2) is 41.0 Å². The molecule has 2 rings (SSSR count). The summed E-state index contributed by atoms with van der Waals surface area (Å²) in [5, 5.41) is 23.9. The lowest BCUT2D eigenvalue weighted by Gasteiger charge is -2.27. The van der Waals surface area contributed by atoms with Gasteiger partial charge in [0.1, 0.15) is 12.4 Å². The Hall–Kier alpha value is -2.08. The maximum atomic E-state index is 12.7. The van der Waals surface area contributed by atoms with Gasteiger partial charge < -0.3 is 19.9 Å². The molecular formula is C20H29N3O6S2. The molecule has 172 valence electrons. The van der Waals surface area contributed by atoms with Gasteiger partial charge in [-0.25, -0.2) is 12.7 Å². The van der Waals surface area contributed by atoms with E-state index in [-0.39, 0.29) is 11.7 Å². The van der Waals surface area contributed by atoms with Gasteiger partial charge in [0.2, 0.25) is 10.0 Å². The van der Waals surface area contributed by atoms with E-state index in [1.54, 1.807) is 11.8 Å². The van der Waals surface area contributed by atoms with E-state index in [2.05, 4.69) is 10.3 Å². The highest BCUT2D eigenvalue weighted by molar-refractivity contribution is 7.98. The summed E-state index contributed by atoms with van der Waals surface area (Å²) in [6.45, 7) is 0. The van der Waals surface area contributed by atoms with E-state index in [1.807, 2.05) is 36.6 Å². The molecule has 3 atom stereocenters. The number of nitrogens with one attached hydrogen (secondary N) is 1. The average molecular weight is 472 g/mol. The molecule has 0 bridgehead atoms. The van der Waals surface area contributed by atoms with Gasteiger partial charge in [-0.05, 0) is 36.8 Å². The van der Waals surface area contributed by atoms with Gasteiger partial charge in [0.15, 0.2) is 5.69 Å². The highest BCUT2D eigenvalue weighted by atomic mass is 32.2. The molecule has 11 heteroatoms. The maximum absolute atomic E-state index is 12.7. The number of hydrogen-bond acceptors (Lipinski definition) is 8. The summed E-state index contributed by atoms with van der Waals surface area (Å²) in [5.41, 5.74) is 0.744. The molecular weight excluding hydrogens is 442 g/mol. The number of benzene rings is 1. The molecule has 1 aromatic carbocycles. The van der Waals surface area contributed by atoms with Crippen LogP contribution in [-0.4, -0.2) is 73.1 Å². The van der Waals surface area contributed by atoms with Crippen molar-refractivity contribution in [3.05, 3.63) is 47.9 Å². The molecule has 0 saturated heterocycles. The minimum Gasteiger partial charge on any atom is -0.430 e. The Morgan fingerprint density at radius 1 is 1.29 bits per heavy atom. The van der Waals surface area contributed by atoms with Crippen LogP contribution in [0.3, 0.4) is 0 Å². The zero-order valence-electron chi connectivity index (χ0n) is 17.8. The molecule has 1 aromatic heterocycles. The predicted molar refractivity (Wildman–Crippen MR) is 121 cm³/mol. The number of rotatable bonds is 12. The van der Waals surface area contributed by atoms with Gasteiger partial charge in [-0.15, -0.1) is 0 Å². The number of anilines is 1. The molecule has 0 fully saturated rings. The van der Waals surface area contributed by atoms with Crippen LogP contribution >= 0.6 is 11.8 Å². The van der Waals surface area contributed by atoms with Crippen molar-refractivity contribution in [3.63, 3.8) is 0 Å².